The smallest absolute Gasteiger partial charge is 0.258 e. The molecule has 9 heteroatoms. The maximum atomic E-state index is 12.2. The van der Waals surface area contributed by atoms with E-state index < -0.39 is 10.0 Å². The molecule has 0 aliphatic rings. The molecule has 2 aromatic carbocycles. The van der Waals surface area contributed by atoms with Gasteiger partial charge in [0.05, 0.1) is 15.8 Å². The van der Waals surface area contributed by atoms with E-state index in [0.717, 1.165) is 5.56 Å². The molecule has 2 rings (SSSR count). The average molecular weight is 445 g/mol. The summed E-state index contributed by atoms with van der Waals surface area (Å²) in [6.07, 6.45) is 0. The van der Waals surface area contributed by atoms with Crippen LogP contribution in [0.3, 0.4) is 0 Å². The number of rotatable bonds is 9. The lowest BCUT2D eigenvalue weighted by molar-refractivity contribution is -0.123. The first-order chi connectivity index (χ1) is 13.2. The lowest BCUT2D eigenvalue weighted by Crippen LogP contribution is -2.32. The summed E-state index contributed by atoms with van der Waals surface area (Å²) in [5, 5.41) is 3.46. The van der Waals surface area contributed by atoms with Crippen LogP contribution in [0.15, 0.2) is 42.5 Å². The fourth-order valence-corrected chi connectivity index (χ4v) is 4.22. The number of ether oxygens (including phenoxy) is 1. The van der Waals surface area contributed by atoms with E-state index in [9.17, 15) is 13.2 Å². The molecule has 0 fully saturated rings. The molecule has 2 aromatic rings. The number of carbonyl (C=O) groups is 1. The number of hydrogen-bond donors (Lipinski definition) is 2. The highest BCUT2D eigenvalue weighted by Gasteiger charge is 2.15. The Morgan fingerprint density at radius 2 is 1.75 bits per heavy atom. The summed E-state index contributed by atoms with van der Waals surface area (Å²) in [7, 11) is -3.46. The summed E-state index contributed by atoms with van der Waals surface area (Å²) in [4.78, 5) is 12.1. The molecule has 1 amide bonds. The van der Waals surface area contributed by atoms with Crippen LogP contribution in [-0.4, -0.2) is 27.0 Å². The van der Waals surface area contributed by atoms with Gasteiger partial charge in [-0.2, -0.15) is 0 Å². The van der Waals surface area contributed by atoms with Crippen molar-refractivity contribution in [3.05, 3.63) is 63.6 Å². The second kappa shape index (κ2) is 10.1. The van der Waals surface area contributed by atoms with E-state index in [1.807, 2.05) is 0 Å². The van der Waals surface area contributed by atoms with Gasteiger partial charge < -0.3 is 10.1 Å². The molecular weight excluding hydrogens is 423 g/mol. The van der Waals surface area contributed by atoms with E-state index in [4.69, 9.17) is 27.9 Å². The predicted octanol–water partition coefficient (Wildman–Crippen LogP) is 3.52. The van der Waals surface area contributed by atoms with Crippen molar-refractivity contribution < 1.29 is 17.9 Å². The van der Waals surface area contributed by atoms with Crippen LogP contribution in [0.5, 0.6) is 5.75 Å². The molecule has 0 spiro atoms. The number of amides is 1. The van der Waals surface area contributed by atoms with Crippen molar-refractivity contribution >= 4 is 39.1 Å². The van der Waals surface area contributed by atoms with Crippen LogP contribution in [0.4, 0.5) is 0 Å². The van der Waals surface area contributed by atoms with Gasteiger partial charge in [-0.3, -0.25) is 4.79 Å². The number of nitrogens with one attached hydrogen (secondary N) is 2. The van der Waals surface area contributed by atoms with Gasteiger partial charge >= 0.3 is 0 Å². The van der Waals surface area contributed by atoms with Crippen molar-refractivity contribution in [1.82, 2.24) is 10.0 Å². The Labute approximate surface area is 175 Å². The molecule has 152 valence electrons. The molecule has 0 aliphatic heterocycles. The standard InChI is InChI=1S/C19H22Cl2N2O4S/c1-13(2)23-28(25,26)12-15-6-4-3-5-14(15)10-22-19(24)11-27-16-7-8-17(20)18(21)9-16/h3-9,13,23H,10-12H2,1-2H3,(H,22,24). The van der Waals surface area contributed by atoms with Crippen molar-refractivity contribution in [2.75, 3.05) is 6.61 Å². The molecule has 0 saturated carbocycles. The fraction of sp³-hybridized carbons (Fsp3) is 0.316. The van der Waals surface area contributed by atoms with E-state index in [2.05, 4.69) is 10.0 Å². The van der Waals surface area contributed by atoms with Crippen molar-refractivity contribution in [2.45, 2.75) is 32.2 Å². The zero-order chi connectivity index (χ0) is 20.7. The van der Waals surface area contributed by atoms with Crippen LogP contribution in [0.2, 0.25) is 10.0 Å². The molecule has 0 saturated heterocycles. The molecule has 28 heavy (non-hydrogen) atoms. The highest BCUT2D eigenvalue weighted by molar-refractivity contribution is 7.88. The average Bonchev–Trinajstić information content (AvgIpc) is 2.60. The van der Waals surface area contributed by atoms with Crippen LogP contribution in [0.1, 0.15) is 25.0 Å². The number of hydrogen-bond acceptors (Lipinski definition) is 4. The summed E-state index contributed by atoms with van der Waals surface area (Å²) in [5.74, 6) is -0.0726. The van der Waals surface area contributed by atoms with E-state index in [0.29, 0.717) is 21.4 Å². The Balaban J connectivity index is 1.93. The fourth-order valence-electron chi connectivity index (χ4n) is 2.44. The Morgan fingerprint density at radius 1 is 1.07 bits per heavy atom. The molecule has 0 aromatic heterocycles. The molecule has 0 aliphatic carbocycles. The number of carbonyl (C=O) groups excluding carboxylic acids is 1. The molecule has 6 nitrogen and oxygen atoms in total. The first-order valence-electron chi connectivity index (χ1n) is 8.57. The zero-order valence-electron chi connectivity index (χ0n) is 15.5. The van der Waals surface area contributed by atoms with Crippen molar-refractivity contribution in [3.8, 4) is 5.75 Å². The van der Waals surface area contributed by atoms with E-state index in [-0.39, 0.29) is 30.9 Å². The first kappa shape index (κ1) is 22.5. The topological polar surface area (TPSA) is 84.5 Å². The Morgan fingerprint density at radius 3 is 2.39 bits per heavy atom. The highest BCUT2D eigenvalue weighted by atomic mass is 35.5. The minimum absolute atomic E-state index is 0.156. The van der Waals surface area contributed by atoms with E-state index in [1.165, 1.54) is 6.07 Å². The molecule has 2 N–H and O–H groups in total. The second-order valence-electron chi connectivity index (χ2n) is 6.44. The lowest BCUT2D eigenvalue weighted by Gasteiger charge is -2.13. The highest BCUT2D eigenvalue weighted by Crippen LogP contribution is 2.26. The molecule has 0 atom stereocenters. The van der Waals surface area contributed by atoms with Gasteiger partial charge in [0.2, 0.25) is 10.0 Å². The Hall–Kier alpha value is -1.80. The normalized spacial score (nSPS) is 11.5. The number of benzene rings is 2. The number of sulfonamides is 1. The third-order valence-electron chi connectivity index (χ3n) is 3.62. The monoisotopic (exact) mass is 444 g/mol. The molecule has 0 unspecified atom stereocenters. The van der Waals surface area contributed by atoms with Gasteiger partial charge in [-0.1, -0.05) is 47.5 Å². The van der Waals surface area contributed by atoms with Gasteiger partial charge in [-0.25, -0.2) is 13.1 Å². The van der Waals surface area contributed by atoms with Gasteiger partial charge in [-0.05, 0) is 37.1 Å². The number of halogens is 2. The van der Waals surface area contributed by atoms with Crippen LogP contribution in [-0.2, 0) is 27.1 Å². The molecule has 0 bridgehead atoms. The van der Waals surface area contributed by atoms with Gasteiger partial charge in [0.15, 0.2) is 6.61 Å². The van der Waals surface area contributed by atoms with Crippen molar-refractivity contribution in [1.29, 1.82) is 0 Å². The van der Waals surface area contributed by atoms with Crippen LogP contribution in [0, 0.1) is 0 Å². The van der Waals surface area contributed by atoms with E-state index in [1.54, 1.807) is 50.2 Å². The summed E-state index contributed by atoms with van der Waals surface area (Å²) in [6, 6.07) is 11.6. The summed E-state index contributed by atoms with van der Waals surface area (Å²) in [5.41, 5.74) is 1.35. The van der Waals surface area contributed by atoms with Crippen molar-refractivity contribution in [3.63, 3.8) is 0 Å². The second-order valence-corrected chi connectivity index (χ2v) is 9.01. The van der Waals surface area contributed by atoms with Gasteiger partial charge in [0.1, 0.15) is 5.75 Å². The maximum Gasteiger partial charge on any atom is 0.258 e. The third-order valence-corrected chi connectivity index (χ3v) is 5.88. The maximum absolute atomic E-state index is 12.2. The predicted molar refractivity (Wildman–Crippen MR) is 111 cm³/mol. The SMILES string of the molecule is CC(C)NS(=O)(=O)Cc1ccccc1CNC(=O)COc1ccc(Cl)c(Cl)c1. The van der Waals surface area contributed by atoms with Crippen LogP contribution >= 0.6 is 23.2 Å². The lowest BCUT2D eigenvalue weighted by atomic mass is 10.1. The minimum Gasteiger partial charge on any atom is -0.484 e. The van der Waals surface area contributed by atoms with Gasteiger partial charge in [0, 0.05) is 18.7 Å². The largest absolute Gasteiger partial charge is 0.484 e. The quantitative estimate of drug-likeness (QED) is 0.619. The van der Waals surface area contributed by atoms with Gasteiger partial charge in [-0.15, -0.1) is 0 Å². The Bertz CT molecular complexity index is 933. The van der Waals surface area contributed by atoms with Crippen molar-refractivity contribution in [2.24, 2.45) is 0 Å². The molecule has 0 radical (unpaired) electrons. The summed E-state index contributed by atoms with van der Waals surface area (Å²) < 4.78 is 32.3. The van der Waals surface area contributed by atoms with Gasteiger partial charge in [0.25, 0.3) is 5.91 Å². The minimum atomic E-state index is -3.46. The van der Waals surface area contributed by atoms with E-state index >= 15 is 0 Å². The zero-order valence-corrected chi connectivity index (χ0v) is 17.9. The molecule has 0 heterocycles. The van der Waals surface area contributed by atoms with Crippen LogP contribution in [0.25, 0.3) is 0 Å². The summed E-state index contributed by atoms with van der Waals surface area (Å²) >= 11 is 11.7. The molecular formula is C19H22Cl2N2O4S. The Kier molecular flexibility index (Phi) is 8.12. The first-order valence-corrected chi connectivity index (χ1v) is 11.0. The summed E-state index contributed by atoms with van der Waals surface area (Å²) in [6.45, 7) is 3.51. The third kappa shape index (κ3) is 7.31. The van der Waals surface area contributed by atoms with Crippen LogP contribution < -0.4 is 14.8 Å².